The Morgan fingerprint density at radius 1 is 1.16 bits per heavy atom. The minimum absolute atomic E-state index is 0.0655. The van der Waals surface area contributed by atoms with Crippen LogP contribution in [-0.4, -0.2) is 23.2 Å². The average molecular weight is 353 g/mol. The number of carbonyl (C=O) groups is 1. The summed E-state index contributed by atoms with van der Waals surface area (Å²) in [6, 6.07) is 15.8. The molecule has 0 fully saturated rings. The van der Waals surface area contributed by atoms with Crippen LogP contribution in [0.5, 0.6) is 5.75 Å². The summed E-state index contributed by atoms with van der Waals surface area (Å²) in [5.74, 6) is 0.791. The molecule has 0 radical (unpaired) electrons. The molecule has 0 aliphatic rings. The first-order valence-corrected chi connectivity index (χ1v) is 8.79. The van der Waals surface area contributed by atoms with Crippen molar-refractivity contribution in [3.8, 4) is 16.3 Å². The van der Waals surface area contributed by atoms with Gasteiger partial charge in [0.2, 0.25) is 11.0 Å². The Hall–Kier alpha value is -2.73. The molecule has 0 saturated heterocycles. The maximum Gasteiger partial charge on any atom is 0.226 e. The second-order valence-electron chi connectivity index (χ2n) is 5.63. The highest BCUT2D eigenvalue weighted by molar-refractivity contribution is 7.18. The van der Waals surface area contributed by atoms with Crippen molar-refractivity contribution < 1.29 is 9.53 Å². The topological polar surface area (TPSA) is 64.1 Å². The lowest BCUT2D eigenvalue weighted by Crippen LogP contribution is -2.12. The summed E-state index contributed by atoms with van der Waals surface area (Å²) in [6.45, 7) is 1.99. The van der Waals surface area contributed by atoms with Gasteiger partial charge in [-0.05, 0) is 30.5 Å². The molecule has 0 aliphatic carbocycles. The van der Waals surface area contributed by atoms with Gasteiger partial charge in [0.05, 0.1) is 7.11 Å². The van der Waals surface area contributed by atoms with Gasteiger partial charge in [-0.15, -0.1) is 10.2 Å². The SMILES string of the molecule is COc1ccc(CCC(=O)Nc2nnc(-c3ccccc3)s2)cc1C. The zero-order valence-electron chi connectivity index (χ0n) is 14.2. The Labute approximate surface area is 150 Å². The van der Waals surface area contributed by atoms with Gasteiger partial charge in [0.25, 0.3) is 0 Å². The number of rotatable bonds is 6. The monoisotopic (exact) mass is 353 g/mol. The molecule has 0 unspecified atom stereocenters. The summed E-state index contributed by atoms with van der Waals surface area (Å²) >= 11 is 1.37. The second-order valence-corrected chi connectivity index (χ2v) is 6.61. The summed E-state index contributed by atoms with van der Waals surface area (Å²) < 4.78 is 5.25. The van der Waals surface area contributed by atoms with E-state index in [1.54, 1.807) is 7.11 Å². The summed E-state index contributed by atoms with van der Waals surface area (Å²) in [5.41, 5.74) is 3.17. The molecule has 25 heavy (non-hydrogen) atoms. The van der Waals surface area contributed by atoms with E-state index in [4.69, 9.17) is 4.74 Å². The second kappa shape index (κ2) is 7.90. The largest absolute Gasteiger partial charge is 0.496 e. The van der Waals surface area contributed by atoms with E-state index in [9.17, 15) is 4.79 Å². The predicted molar refractivity (Wildman–Crippen MR) is 100 cm³/mol. The molecule has 5 nitrogen and oxygen atoms in total. The maximum atomic E-state index is 12.1. The standard InChI is InChI=1S/C19H19N3O2S/c1-13-12-14(8-10-16(13)24-2)9-11-17(23)20-19-22-21-18(25-19)15-6-4-3-5-7-15/h3-8,10,12H,9,11H2,1-2H3,(H,20,22,23). The summed E-state index contributed by atoms with van der Waals surface area (Å²) in [7, 11) is 1.65. The van der Waals surface area contributed by atoms with Gasteiger partial charge in [0.1, 0.15) is 10.8 Å². The molecule has 1 heterocycles. The van der Waals surface area contributed by atoms with Crippen LogP contribution in [0, 0.1) is 6.92 Å². The van der Waals surface area contributed by atoms with Crippen LogP contribution in [0.15, 0.2) is 48.5 Å². The van der Waals surface area contributed by atoms with Gasteiger partial charge < -0.3 is 10.1 Å². The van der Waals surface area contributed by atoms with Crippen molar-refractivity contribution in [2.75, 3.05) is 12.4 Å². The Kier molecular flexibility index (Phi) is 5.40. The quantitative estimate of drug-likeness (QED) is 0.725. The normalized spacial score (nSPS) is 10.5. The Balaban J connectivity index is 1.56. The van der Waals surface area contributed by atoms with Crippen LogP contribution in [-0.2, 0) is 11.2 Å². The molecule has 0 atom stereocenters. The van der Waals surface area contributed by atoms with E-state index >= 15 is 0 Å². The van der Waals surface area contributed by atoms with E-state index in [2.05, 4.69) is 15.5 Å². The number of amides is 1. The molecule has 1 N–H and O–H groups in total. The highest BCUT2D eigenvalue weighted by Crippen LogP contribution is 2.26. The van der Waals surface area contributed by atoms with E-state index in [1.807, 2.05) is 55.5 Å². The number of hydrogen-bond donors (Lipinski definition) is 1. The summed E-state index contributed by atoms with van der Waals surface area (Å²) in [5, 5.41) is 12.3. The fourth-order valence-corrected chi connectivity index (χ4v) is 3.27. The lowest BCUT2D eigenvalue weighted by Gasteiger charge is -2.07. The molecule has 3 rings (SSSR count). The van der Waals surface area contributed by atoms with Crippen molar-refractivity contribution >= 4 is 22.4 Å². The van der Waals surface area contributed by atoms with Crippen LogP contribution in [0.25, 0.3) is 10.6 Å². The van der Waals surface area contributed by atoms with Gasteiger partial charge in [0, 0.05) is 12.0 Å². The zero-order valence-corrected chi connectivity index (χ0v) is 15.0. The first-order chi connectivity index (χ1) is 12.2. The smallest absolute Gasteiger partial charge is 0.226 e. The van der Waals surface area contributed by atoms with Crippen molar-refractivity contribution in [2.45, 2.75) is 19.8 Å². The van der Waals surface area contributed by atoms with Gasteiger partial charge in [0.15, 0.2) is 0 Å². The molecular formula is C19H19N3O2S. The van der Waals surface area contributed by atoms with Crippen LogP contribution >= 0.6 is 11.3 Å². The number of aryl methyl sites for hydroxylation is 2. The molecule has 3 aromatic rings. The van der Waals surface area contributed by atoms with E-state index in [-0.39, 0.29) is 5.91 Å². The molecule has 0 saturated carbocycles. The van der Waals surface area contributed by atoms with Crippen LogP contribution in [0.4, 0.5) is 5.13 Å². The van der Waals surface area contributed by atoms with Gasteiger partial charge in [-0.3, -0.25) is 4.79 Å². The lowest BCUT2D eigenvalue weighted by molar-refractivity contribution is -0.116. The number of anilines is 1. The minimum Gasteiger partial charge on any atom is -0.496 e. The first-order valence-electron chi connectivity index (χ1n) is 7.98. The van der Waals surface area contributed by atoms with Crippen molar-refractivity contribution in [3.63, 3.8) is 0 Å². The fraction of sp³-hybridized carbons (Fsp3) is 0.211. The number of hydrogen-bond acceptors (Lipinski definition) is 5. The highest BCUT2D eigenvalue weighted by atomic mass is 32.1. The highest BCUT2D eigenvalue weighted by Gasteiger charge is 2.10. The third kappa shape index (κ3) is 4.42. The molecule has 0 aliphatic heterocycles. The number of carbonyl (C=O) groups excluding carboxylic acids is 1. The Bertz CT molecular complexity index is 862. The van der Waals surface area contributed by atoms with Gasteiger partial charge in [-0.2, -0.15) is 0 Å². The van der Waals surface area contributed by atoms with Crippen LogP contribution in [0.1, 0.15) is 17.5 Å². The molecular weight excluding hydrogens is 334 g/mol. The summed E-state index contributed by atoms with van der Waals surface area (Å²) in [6.07, 6.45) is 1.06. The number of nitrogens with one attached hydrogen (secondary N) is 1. The maximum absolute atomic E-state index is 12.1. The number of ether oxygens (including phenoxy) is 1. The van der Waals surface area contributed by atoms with Crippen LogP contribution < -0.4 is 10.1 Å². The molecule has 1 amide bonds. The number of methoxy groups -OCH3 is 1. The third-order valence-electron chi connectivity index (χ3n) is 3.79. The van der Waals surface area contributed by atoms with Crippen molar-refractivity contribution in [1.82, 2.24) is 10.2 Å². The van der Waals surface area contributed by atoms with Gasteiger partial charge >= 0.3 is 0 Å². The molecule has 128 valence electrons. The predicted octanol–water partition coefficient (Wildman–Crippen LogP) is 4.09. The molecule has 0 spiro atoms. The van der Waals surface area contributed by atoms with Crippen LogP contribution in [0.2, 0.25) is 0 Å². The molecule has 6 heteroatoms. The van der Waals surface area contributed by atoms with E-state index < -0.39 is 0 Å². The molecule has 1 aromatic heterocycles. The average Bonchev–Trinajstić information content (AvgIpc) is 3.09. The minimum atomic E-state index is -0.0655. The van der Waals surface area contributed by atoms with E-state index in [1.165, 1.54) is 11.3 Å². The lowest BCUT2D eigenvalue weighted by atomic mass is 10.1. The summed E-state index contributed by atoms with van der Waals surface area (Å²) in [4.78, 5) is 12.1. The van der Waals surface area contributed by atoms with Crippen molar-refractivity contribution in [3.05, 3.63) is 59.7 Å². The molecule has 0 bridgehead atoms. The van der Waals surface area contributed by atoms with E-state index in [0.717, 1.165) is 27.4 Å². The van der Waals surface area contributed by atoms with Gasteiger partial charge in [-0.25, -0.2) is 0 Å². The van der Waals surface area contributed by atoms with Crippen LogP contribution in [0.3, 0.4) is 0 Å². The van der Waals surface area contributed by atoms with E-state index in [0.29, 0.717) is 18.0 Å². The Morgan fingerprint density at radius 2 is 1.96 bits per heavy atom. The third-order valence-corrected chi connectivity index (χ3v) is 4.68. The molecule has 2 aromatic carbocycles. The zero-order chi connectivity index (χ0) is 17.6. The van der Waals surface area contributed by atoms with Gasteiger partial charge in [-0.1, -0.05) is 53.8 Å². The first kappa shape index (κ1) is 17.1. The van der Waals surface area contributed by atoms with Crippen molar-refractivity contribution in [1.29, 1.82) is 0 Å². The number of aromatic nitrogens is 2. The van der Waals surface area contributed by atoms with Crippen molar-refractivity contribution in [2.24, 2.45) is 0 Å². The Morgan fingerprint density at radius 3 is 2.68 bits per heavy atom. The fourth-order valence-electron chi connectivity index (χ4n) is 2.51. The number of nitrogens with zero attached hydrogens (tertiary/aromatic N) is 2. The number of benzene rings is 2.